The van der Waals surface area contributed by atoms with E-state index < -0.39 is 0 Å². The summed E-state index contributed by atoms with van der Waals surface area (Å²) >= 11 is 5.95. The van der Waals surface area contributed by atoms with E-state index in [1.807, 2.05) is 47.0 Å². The largest absolute Gasteiger partial charge is 0.399 e. The molecular formula is C20H18ClN4+. The third kappa shape index (κ3) is 3.04. The molecule has 0 aliphatic rings. The van der Waals surface area contributed by atoms with Gasteiger partial charge in [-0.3, -0.25) is 5.73 Å². The Balaban J connectivity index is 1.64. The minimum absolute atomic E-state index is 0.613. The zero-order valence-electron chi connectivity index (χ0n) is 13.5. The fraction of sp³-hybridized carbons (Fsp3) is 0.0500. The first-order valence-corrected chi connectivity index (χ1v) is 8.39. The van der Waals surface area contributed by atoms with Crippen LogP contribution >= 0.6 is 11.6 Å². The van der Waals surface area contributed by atoms with Crippen molar-refractivity contribution >= 4 is 34.3 Å². The average molecular weight is 350 g/mol. The number of H-pyrrole nitrogens is 1. The Morgan fingerprint density at radius 2 is 1.48 bits per heavy atom. The Labute approximate surface area is 150 Å². The van der Waals surface area contributed by atoms with E-state index in [1.165, 1.54) is 0 Å². The Bertz CT molecular complexity index is 1030. The van der Waals surface area contributed by atoms with Crippen LogP contribution in [0.2, 0.25) is 5.02 Å². The highest BCUT2D eigenvalue weighted by Gasteiger charge is 2.14. The molecule has 25 heavy (non-hydrogen) atoms. The van der Waals surface area contributed by atoms with E-state index in [4.69, 9.17) is 23.1 Å². The number of nitrogen functional groups attached to an aromatic ring is 2. The van der Waals surface area contributed by atoms with Crippen LogP contribution in [0.3, 0.4) is 0 Å². The quantitative estimate of drug-likeness (QED) is 0.386. The molecule has 124 valence electrons. The second kappa shape index (κ2) is 6.15. The van der Waals surface area contributed by atoms with Gasteiger partial charge < -0.3 is 5.73 Å². The molecule has 3 aromatic carbocycles. The first-order valence-electron chi connectivity index (χ1n) is 8.01. The van der Waals surface area contributed by atoms with Gasteiger partial charge in [0.1, 0.15) is 11.0 Å². The molecule has 0 amide bonds. The van der Waals surface area contributed by atoms with Crippen molar-refractivity contribution in [1.82, 2.24) is 4.98 Å². The molecule has 0 aliphatic heterocycles. The van der Waals surface area contributed by atoms with Gasteiger partial charge in [0.25, 0.3) is 0 Å². The molecule has 1 heterocycles. The standard InChI is InChI=1S/C20H17ClN4/c21-16-7-5-15(6-8-16)14-3-1-13(2-4-14)12-25-19-11-17(22)9-10-18(19)24-20(25)23/h1-11H,12,22H2,(H2,23,24)/p+1. The van der Waals surface area contributed by atoms with Crippen molar-refractivity contribution in [3.8, 4) is 11.1 Å². The van der Waals surface area contributed by atoms with E-state index in [2.05, 4.69) is 29.2 Å². The van der Waals surface area contributed by atoms with Crippen LogP contribution in [0.5, 0.6) is 0 Å². The highest BCUT2D eigenvalue weighted by atomic mass is 35.5. The summed E-state index contributed by atoms with van der Waals surface area (Å²) in [4.78, 5) is 3.19. The maximum absolute atomic E-state index is 6.14. The molecule has 0 atom stereocenters. The van der Waals surface area contributed by atoms with Crippen LogP contribution < -0.4 is 16.0 Å². The highest BCUT2D eigenvalue weighted by Crippen LogP contribution is 2.22. The number of nitrogens with zero attached hydrogens (tertiary/aromatic N) is 1. The van der Waals surface area contributed by atoms with Gasteiger partial charge in [-0.2, -0.15) is 0 Å². The lowest BCUT2D eigenvalue weighted by Gasteiger charge is -2.05. The summed E-state index contributed by atoms with van der Waals surface area (Å²) in [6, 6.07) is 22.0. The molecule has 0 aliphatic carbocycles. The molecule has 0 radical (unpaired) electrons. The minimum atomic E-state index is 0.613. The molecule has 5 N–H and O–H groups in total. The minimum Gasteiger partial charge on any atom is -0.399 e. The number of fused-ring (bicyclic) bond motifs is 1. The molecule has 4 rings (SSSR count). The topological polar surface area (TPSA) is 71.7 Å². The maximum Gasteiger partial charge on any atom is 0.353 e. The summed E-state index contributed by atoms with van der Waals surface area (Å²) in [5.74, 6) is 0.613. The number of halogens is 1. The number of hydrogen-bond donors (Lipinski definition) is 3. The second-order valence-corrected chi connectivity index (χ2v) is 6.51. The van der Waals surface area contributed by atoms with Crippen molar-refractivity contribution in [2.45, 2.75) is 6.54 Å². The van der Waals surface area contributed by atoms with Gasteiger partial charge in [0, 0.05) is 16.8 Å². The molecule has 0 fully saturated rings. The number of benzene rings is 3. The van der Waals surface area contributed by atoms with Crippen molar-refractivity contribution in [3.63, 3.8) is 0 Å². The van der Waals surface area contributed by atoms with E-state index in [9.17, 15) is 0 Å². The van der Waals surface area contributed by atoms with Crippen molar-refractivity contribution < 1.29 is 4.57 Å². The van der Waals surface area contributed by atoms with Crippen molar-refractivity contribution in [3.05, 3.63) is 77.3 Å². The molecule has 4 nitrogen and oxygen atoms in total. The second-order valence-electron chi connectivity index (χ2n) is 6.08. The molecule has 0 spiro atoms. The van der Waals surface area contributed by atoms with Crippen LogP contribution in [0, 0.1) is 0 Å². The molecule has 5 heteroatoms. The summed E-state index contributed by atoms with van der Waals surface area (Å²) < 4.78 is 2.03. The Morgan fingerprint density at radius 3 is 2.16 bits per heavy atom. The summed E-state index contributed by atoms with van der Waals surface area (Å²) in [6.45, 7) is 0.677. The molecule has 1 aromatic heterocycles. The van der Waals surface area contributed by atoms with Gasteiger partial charge in [0.15, 0.2) is 0 Å². The predicted octanol–water partition coefficient (Wildman–Crippen LogP) is 3.99. The Morgan fingerprint density at radius 1 is 0.840 bits per heavy atom. The third-order valence-electron chi connectivity index (χ3n) is 4.34. The van der Waals surface area contributed by atoms with Crippen LogP contribution in [0.25, 0.3) is 22.2 Å². The molecule has 0 saturated heterocycles. The number of aromatic amines is 1. The van der Waals surface area contributed by atoms with Crippen molar-refractivity contribution in [2.75, 3.05) is 11.5 Å². The summed E-state index contributed by atoms with van der Waals surface area (Å²) in [5.41, 5.74) is 18.2. The van der Waals surface area contributed by atoms with Gasteiger partial charge in [-0.05, 0) is 41.0 Å². The van der Waals surface area contributed by atoms with Crippen LogP contribution in [-0.2, 0) is 6.54 Å². The SMILES string of the molecule is Nc1ccc2[nH]c(N)[n+](Cc3ccc(-c4ccc(Cl)cc4)cc3)c2c1. The van der Waals surface area contributed by atoms with Gasteiger partial charge in [-0.25, -0.2) is 9.55 Å². The number of hydrogen-bond acceptors (Lipinski definition) is 2. The van der Waals surface area contributed by atoms with Gasteiger partial charge >= 0.3 is 5.95 Å². The molecule has 4 aromatic rings. The highest BCUT2D eigenvalue weighted by molar-refractivity contribution is 6.30. The zero-order chi connectivity index (χ0) is 17.4. The van der Waals surface area contributed by atoms with Gasteiger partial charge in [0.05, 0.1) is 6.54 Å². The van der Waals surface area contributed by atoms with E-state index in [0.717, 1.165) is 38.4 Å². The first kappa shape index (κ1) is 15.5. The molecule has 0 bridgehead atoms. The fourth-order valence-electron chi connectivity index (χ4n) is 3.01. The van der Waals surface area contributed by atoms with Gasteiger partial charge in [0.2, 0.25) is 0 Å². The van der Waals surface area contributed by atoms with Crippen LogP contribution in [-0.4, -0.2) is 4.98 Å². The van der Waals surface area contributed by atoms with Gasteiger partial charge in [-0.1, -0.05) is 48.0 Å². The first-order chi connectivity index (χ1) is 12.1. The Hall–Kier alpha value is -2.98. The summed E-state index contributed by atoms with van der Waals surface area (Å²) in [7, 11) is 0. The van der Waals surface area contributed by atoms with Crippen LogP contribution in [0.15, 0.2) is 66.7 Å². The molecular weight excluding hydrogens is 332 g/mol. The lowest BCUT2D eigenvalue weighted by molar-refractivity contribution is -0.647. The number of rotatable bonds is 3. The third-order valence-corrected chi connectivity index (χ3v) is 4.59. The lowest BCUT2D eigenvalue weighted by atomic mass is 10.0. The predicted molar refractivity (Wildman–Crippen MR) is 103 cm³/mol. The fourth-order valence-corrected chi connectivity index (χ4v) is 3.14. The van der Waals surface area contributed by atoms with Crippen LogP contribution in [0.1, 0.15) is 5.56 Å². The van der Waals surface area contributed by atoms with E-state index >= 15 is 0 Å². The molecule has 0 saturated carbocycles. The van der Waals surface area contributed by atoms with E-state index in [-0.39, 0.29) is 0 Å². The summed E-state index contributed by atoms with van der Waals surface area (Å²) in [6.07, 6.45) is 0. The number of imidazole rings is 1. The van der Waals surface area contributed by atoms with E-state index in [0.29, 0.717) is 12.5 Å². The van der Waals surface area contributed by atoms with E-state index in [1.54, 1.807) is 0 Å². The number of anilines is 2. The smallest absolute Gasteiger partial charge is 0.353 e. The number of nitrogens with two attached hydrogens (primary N) is 2. The van der Waals surface area contributed by atoms with Gasteiger partial charge in [-0.15, -0.1) is 0 Å². The lowest BCUT2D eigenvalue weighted by Crippen LogP contribution is -2.36. The molecule has 0 unspecified atom stereocenters. The van der Waals surface area contributed by atoms with Crippen LogP contribution in [0.4, 0.5) is 11.6 Å². The van der Waals surface area contributed by atoms with Crippen molar-refractivity contribution in [2.24, 2.45) is 0 Å². The maximum atomic E-state index is 6.14. The summed E-state index contributed by atoms with van der Waals surface area (Å²) in [5, 5.41) is 0.742. The monoisotopic (exact) mass is 349 g/mol. The normalized spacial score (nSPS) is 11.1. The number of nitrogens with one attached hydrogen (secondary N) is 1. The zero-order valence-corrected chi connectivity index (χ0v) is 14.3. The number of aromatic nitrogens is 2. The average Bonchev–Trinajstić information content (AvgIpc) is 2.92. The Kier molecular flexibility index (Phi) is 3.82. The van der Waals surface area contributed by atoms with Crippen molar-refractivity contribution in [1.29, 1.82) is 0 Å².